The summed E-state index contributed by atoms with van der Waals surface area (Å²) in [5.41, 5.74) is 0. The summed E-state index contributed by atoms with van der Waals surface area (Å²) in [4.78, 5) is 0. The second-order valence-corrected chi connectivity index (χ2v) is 0. The average Bonchev–Trinajstić information content (AvgIpc) is 1.00. The molecule has 0 unspecified atom stereocenters. The second-order valence-electron chi connectivity index (χ2n) is 0. The van der Waals surface area contributed by atoms with Crippen LogP contribution in [0.15, 0.2) is 0 Å². The molecule has 0 spiro atoms. The maximum atomic E-state index is 7.94. The van der Waals surface area contributed by atoms with Crippen molar-refractivity contribution in [3.8, 4) is 0 Å². The third-order valence-corrected chi connectivity index (χ3v) is 0. The molecule has 0 amide bonds. The normalized spacial score (nSPS) is 1.25. The first kappa shape index (κ1) is 16.6. The SMILES string of the molecule is [Cr].[La].[O]=[Co]. The molecule has 4 heteroatoms. The molecule has 0 saturated heterocycles. The van der Waals surface area contributed by atoms with Crippen molar-refractivity contribution in [2.45, 2.75) is 0 Å². The number of hydrogen-bond donors (Lipinski definition) is 0. The van der Waals surface area contributed by atoms with Crippen LogP contribution in [0.1, 0.15) is 0 Å². The zero-order valence-electron chi connectivity index (χ0n) is 1.73. The van der Waals surface area contributed by atoms with Crippen LogP contribution in [-0.4, -0.2) is 0 Å². The van der Waals surface area contributed by atoms with Crippen LogP contribution >= 0.6 is 0 Å². The van der Waals surface area contributed by atoms with Crippen LogP contribution in [0.25, 0.3) is 0 Å². The van der Waals surface area contributed by atoms with Crippen LogP contribution in [-0.2, 0) is 36.9 Å². The third-order valence-electron chi connectivity index (χ3n) is 0. The molecule has 0 aliphatic carbocycles. The van der Waals surface area contributed by atoms with Crippen molar-refractivity contribution in [1.29, 1.82) is 0 Å². The Morgan fingerprint density at radius 3 is 1.25 bits per heavy atom. The first-order valence-corrected chi connectivity index (χ1v) is 0.561. The first-order chi connectivity index (χ1) is 1.00. The molecule has 1 radical (unpaired) electrons. The predicted molar refractivity (Wildman–Crippen MR) is 0.686 cm³/mol. The van der Waals surface area contributed by atoms with Gasteiger partial charge in [-0.05, 0) is 0 Å². The van der Waals surface area contributed by atoms with E-state index in [0.29, 0.717) is 0 Å². The van der Waals surface area contributed by atoms with E-state index < -0.39 is 0 Å². The van der Waals surface area contributed by atoms with E-state index in [1.165, 1.54) is 0 Å². The van der Waals surface area contributed by atoms with E-state index in [1.807, 2.05) is 0 Å². The van der Waals surface area contributed by atoms with Crippen molar-refractivity contribution in [3.63, 3.8) is 0 Å². The van der Waals surface area contributed by atoms with Crippen molar-refractivity contribution in [2.24, 2.45) is 0 Å². The Balaban J connectivity index is -0.00000000500. The molecule has 0 rings (SSSR count). The summed E-state index contributed by atoms with van der Waals surface area (Å²) >= 11 is 2.31. The van der Waals surface area contributed by atoms with Gasteiger partial charge in [0.1, 0.15) is 0 Å². The summed E-state index contributed by atoms with van der Waals surface area (Å²) < 4.78 is 7.94. The average molecular weight is 266 g/mol. The minimum absolute atomic E-state index is 0. The fourth-order valence-electron chi connectivity index (χ4n) is 0. The van der Waals surface area contributed by atoms with E-state index in [2.05, 4.69) is 15.7 Å². The predicted octanol–water partition coefficient (Wildman–Crippen LogP) is -0.124. The molecule has 0 fully saturated rings. The molecule has 0 aliphatic heterocycles. The molecular weight excluding hydrogens is 266 g/mol. The topological polar surface area (TPSA) is 17.1 Å². The van der Waals surface area contributed by atoms with Gasteiger partial charge in [0, 0.05) is 53.0 Å². The van der Waals surface area contributed by atoms with Gasteiger partial charge < -0.3 is 0 Å². The van der Waals surface area contributed by atoms with Crippen LogP contribution in [0.3, 0.4) is 0 Å². The monoisotopic (exact) mass is 266 g/mol. The maximum absolute atomic E-state index is 7.94. The van der Waals surface area contributed by atoms with E-state index in [9.17, 15) is 0 Å². The van der Waals surface area contributed by atoms with Crippen LogP contribution < -0.4 is 0 Å². The van der Waals surface area contributed by atoms with Gasteiger partial charge in [0.05, 0.1) is 0 Å². The Kier molecular flexibility index (Phi) is 82.2. The zero-order valence-corrected chi connectivity index (χ0v) is 7.67. The van der Waals surface area contributed by atoms with Crippen LogP contribution in [0.4, 0.5) is 0 Å². The fraction of sp³-hybridized carbons (Fsp3) is 0. The molecule has 0 aromatic heterocycles. The molecule has 0 aliphatic rings. The molecule has 0 heterocycles. The Hall–Kier alpha value is 2.03. The van der Waals surface area contributed by atoms with Gasteiger partial charge in [-0.25, -0.2) is 0 Å². The minimum atomic E-state index is 0. The van der Waals surface area contributed by atoms with Gasteiger partial charge in [-0.15, -0.1) is 0 Å². The Bertz CT molecular complexity index is 8.00. The summed E-state index contributed by atoms with van der Waals surface area (Å²) in [5, 5.41) is 0. The van der Waals surface area contributed by atoms with Gasteiger partial charge in [0.15, 0.2) is 0 Å². The van der Waals surface area contributed by atoms with Gasteiger partial charge in [0.25, 0.3) is 0 Å². The van der Waals surface area contributed by atoms with E-state index in [-0.39, 0.29) is 53.0 Å². The van der Waals surface area contributed by atoms with E-state index >= 15 is 0 Å². The van der Waals surface area contributed by atoms with Crippen molar-refractivity contribution in [1.82, 2.24) is 0 Å². The molecule has 1 nitrogen and oxygen atoms in total. The Labute approximate surface area is 71.4 Å². The molecule has 0 N–H and O–H groups in total. The first-order valence-electron chi connectivity index (χ1n) is 0.136. The molecule has 0 bridgehead atoms. The van der Waals surface area contributed by atoms with Gasteiger partial charge in [-0.1, -0.05) is 0 Å². The summed E-state index contributed by atoms with van der Waals surface area (Å²) in [6.45, 7) is 0. The summed E-state index contributed by atoms with van der Waals surface area (Å²) in [6, 6.07) is 0. The summed E-state index contributed by atoms with van der Waals surface area (Å²) in [5.74, 6) is 0. The molecule has 0 saturated carbocycles. The Morgan fingerprint density at radius 1 is 1.25 bits per heavy atom. The molecule has 0 aromatic carbocycles. The van der Waals surface area contributed by atoms with Crippen molar-refractivity contribution >= 4 is 0 Å². The molecule has 4 heavy (non-hydrogen) atoms. The number of rotatable bonds is 0. The van der Waals surface area contributed by atoms with Gasteiger partial charge in [-0.2, -0.15) is 0 Å². The molecular formula is CoCrLaO. The fourth-order valence-corrected chi connectivity index (χ4v) is 0. The van der Waals surface area contributed by atoms with Crippen molar-refractivity contribution < 1.29 is 72.5 Å². The summed E-state index contributed by atoms with van der Waals surface area (Å²) in [7, 11) is 0. The second kappa shape index (κ2) is 19.8. The van der Waals surface area contributed by atoms with Crippen LogP contribution in [0.2, 0.25) is 0 Å². The van der Waals surface area contributed by atoms with Gasteiger partial charge >= 0.3 is 19.5 Å². The van der Waals surface area contributed by atoms with Crippen LogP contribution in [0, 0.1) is 35.6 Å². The van der Waals surface area contributed by atoms with Crippen molar-refractivity contribution in [3.05, 3.63) is 0 Å². The third kappa shape index (κ3) is 8.98. The molecule has 0 atom stereocenters. The zero-order chi connectivity index (χ0) is 2.00. The van der Waals surface area contributed by atoms with Crippen molar-refractivity contribution in [2.75, 3.05) is 0 Å². The quantitative estimate of drug-likeness (QED) is 0.597. The van der Waals surface area contributed by atoms with Gasteiger partial charge in [0.2, 0.25) is 0 Å². The Morgan fingerprint density at radius 2 is 1.25 bits per heavy atom. The standard InChI is InChI=1S/Co.Cr.La.O. The number of hydrogen-bond acceptors (Lipinski definition) is 1. The molecule has 24 valence electrons. The van der Waals surface area contributed by atoms with E-state index in [4.69, 9.17) is 3.87 Å². The summed E-state index contributed by atoms with van der Waals surface area (Å²) in [6.07, 6.45) is 0. The molecule has 0 aromatic rings. The van der Waals surface area contributed by atoms with E-state index in [1.54, 1.807) is 0 Å². The van der Waals surface area contributed by atoms with Crippen LogP contribution in [0.5, 0.6) is 0 Å². The van der Waals surface area contributed by atoms with E-state index in [0.717, 1.165) is 0 Å². The van der Waals surface area contributed by atoms with Gasteiger partial charge in [-0.3, -0.25) is 0 Å².